The van der Waals surface area contributed by atoms with Crippen molar-refractivity contribution >= 4 is 5.70 Å². The van der Waals surface area contributed by atoms with Gasteiger partial charge in [-0.3, -0.25) is 4.98 Å². The zero-order chi connectivity index (χ0) is 20.6. The van der Waals surface area contributed by atoms with E-state index in [0.29, 0.717) is 29.6 Å². The summed E-state index contributed by atoms with van der Waals surface area (Å²) in [6, 6.07) is 3.94. The Bertz CT molecular complexity index is 660. The molecular weight excluding hydrogens is 338 g/mol. The average Bonchev–Trinajstić information content (AvgIpc) is 3.49. The van der Waals surface area contributed by atoms with Crippen LogP contribution in [-0.2, 0) is 6.42 Å². The van der Waals surface area contributed by atoms with Gasteiger partial charge in [0.15, 0.2) is 0 Å². The van der Waals surface area contributed by atoms with Crippen molar-refractivity contribution in [3.8, 4) is 0 Å². The summed E-state index contributed by atoms with van der Waals surface area (Å²) >= 11 is 0. The van der Waals surface area contributed by atoms with E-state index in [0.717, 1.165) is 29.8 Å². The predicted molar refractivity (Wildman–Crippen MR) is 113 cm³/mol. The first-order valence-corrected chi connectivity index (χ1v) is 9.74. The highest BCUT2D eigenvalue weighted by Crippen LogP contribution is 2.35. The Morgan fingerprint density at radius 1 is 1.26 bits per heavy atom. The number of hydrogen-bond donors (Lipinski definition) is 4. The number of pyridine rings is 1. The first-order chi connectivity index (χ1) is 12.9. The largest absolute Gasteiger partial charge is 0.403 e. The third-order valence-corrected chi connectivity index (χ3v) is 4.63. The molecule has 0 atom stereocenters. The SMILES string of the molecule is CC.CCc1nc(/C(N)=C(\CN(N)/C(=C\N)CC2CC2)N(C)N)ccc1C. The smallest absolute Gasteiger partial charge is 0.0881 e. The molecule has 0 unspecified atom stereocenters. The van der Waals surface area contributed by atoms with E-state index >= 15 is 0 Å². The Kier molecular flexibility index (Phi) is 9.11. The first-order valence-electron chi connectivity index (χ1n) is 9.74. The highest BCUT2D eigenvalue weighted by Gasteiger charge is 2.25. The van der Waals surface area contributed by atoms with Crippen LogP contribution >= 0.6 is 0 Å². The zero-order valence-electron chi connectivity index (χ0n) is 17.5. The summed E-state index contributed by atoms with van der Waals surface area (Å²) in [6.45, 7) is 8.49. The molecule has 1 aliphatic rings. The molecule has 0 bridgehead atoms. The fourth-order valence-corrected chi connectivity index (χ4v) is 2.78. The molecule has 0 aliphatic heterocycles. The number of nitrogens with two attached hydrogens (primary N) is 4. The summed E-state index contributed by atoms with van der Waals surface area (Å²) in [5, 5.41) is 3.12. The summed E-state index contributed by atoms with van der Waals surface area (Å²) < 4.78 is 0. The number of rotatable bonds is 8. The van der Waals surface area contributed by atoms with Crippen LogP contribution in [0.5, 0.6) is 0 Å². The van der Waals surface area contributed by atoms with E-state index in [1.165, 1.54) is 17.9 Å². The minimum Gasteiger partial charge on any atom is -0.403 e. The molecule has 7 nitrogen and oxygen atoms in total. The highest BCUT2D eigenvalue weighted by molar-refractivity contribution is 5.63. The zero-order valence-corrected chi connectivity index (χ0v) is 17.5. The van der Waals surface area contributed by atoms with Gasteiger partial charge in [0.25, 0.3) is 0 Å². The second-order valence-corrected chi connectivity index (χ2v) is 6.72. The Balaban J connectivity index is 0.00000176. The third kappa shape index (κ3) is 6.45. The standard InChI is InChI=1S/C18H31N7.C2H6/c1-4-15-12(2)5-8-16(23-15)18(20)17(24(3)21)11-25(22)14(10-19)9-13-6-7-13;1-2/h5,8,10,13H,4,6-7,9,11,19-22H2,1-3H3;1-2H3/b14-10-,18-17-;. The molecular formula is C20H37N7. The summed E-state index contributed by atoms with van der Waals surface area (Å²) in [6.07, 6.45) is 5.78. The number of hydrogen-bond acceptors (Lipinski definition) is 7. The van der Waals surface area contributed by atoms with Crippen LogP contribution in [0.2, 0.25) is 0 Å². The van der Waals surface area contributed by atoms with Crippen molar-refractivity contribution in [2.75, 3.05) is 13.6 Å². The van der Waals surface area contributed by atoms with Gasteiger partial charge in [0, 0.05) is 24.6 Å². The Hall–Kier alpha value is -2.25. The summed E-state index contributed by atoms with van der Waals surface area (Å²) in [7, 11) is 1.75. The maximum Gasteiger partial charge on any atom is 0.0881 e. The molecule has 7 heteroatoms. The molecule has 1 heterocycles. The molecule has 1 fully saturated rings. The predicted octanol–water partition coefficient (Wildman–Crippen LogP) is 2.19. The van der Waals surface area contributed by atoms with Gasteiger partial charge < -0.3 is 21.5 Å². The second kappa shape index (κ2) is 10.8. The van der Waals surface area contributed by atoms with Crippen LogP contribution in [0, 0.1) is 12.8 Å². The number of nitrogens with zero attached hydrogens (tertiary/aromatic N) is 3. The van der Waals surface area contributed by atoms with Crippen molar-refractivity contribution in [2.45, 2.75) is 53.4 Å². The van der Waals surface area contributed by atoms with Gasteiger partial charge in [-0.15, -0.1) is 0 Å². The quantitative estimate of drug-likeness (QED) is 0.405. The normalized spacial score (nSPS) is 14.9. The van der Waals surface area contributed by atoms with Gasteiger partial charge in [0.05, 0.1) is 23.6 Å². The molecule has 1 aromatic rings. The Morgan fingerprint density at radius 3 is 2.37 bits per heavy atom. The van der Waals surface area contributed by atoms with Gasteiger partial charge in [-0.1, -0.05) is 26.8 Å². The van der Waals surface area contributed by atoms with Gasteiger partial charge in [-0.05, 0) is 50.2 Å². The second-order valence-electron chi connectivity index (χ2n) is 6.72. The average molecular weight is 376 g/mol. The van der Waals surface area contributed by atoms with E-state index in [9.17, 15) is 0 Å². The van der Waals surface area contributed by atoms with Crippen LogP contribution < -0.4 is 23.2 Å². The van der Waals surface area contributed by atoms with Gasteiger partial charge >= 0.3 is 0 Å². The van der Waals surface area contributed by atoms with E-state index in [1.807, 2.05) is 32.9 Å². The molecule has 8 N–H and O–H groups in total. The maximum absolute atomic E-state index is 6.38. The van der Waals surface area contributed by atoms with E-state index in [-0.39, 0.29) is 0 Å². The van der Waals surface area contributed by atoms with Gasteiger partial charge in [0.2, 0.25) is 0 Å². The lowest BCUT2D eigenvalue weighted by atomic mass is 10.1. The van der Waals surface area contributed by atoms with Crippen molar-refractivity contribution in [2.24, 2.45) is 29.1 Å². The third-order valence-electron chi connectivity index (χ3n) is 4.63. The summed E-state index contributed by atoms with van der Waals surface area (Å²) in [5.41, 5.74) is 17.2. The van der Waals surface area contributed by atoms with E-state index in [2.05, 4.69) is 11.9 Å². The molecule has 1 aliphatic carbocycles. The van der Waals surface area contributed by atoms with Gasteiger partial charge in [-0.2, -0.15) is 0 Å². The van der Waals surface area contributed by atoms with Crippen LogP contribution in [0.1, 0.15) is 57.0 Å². The van der Waals surface area contributed by atoms with E-state index < -0.39 is 0 Å². The molecule has 0 aromatic carbocycles. The van der Waals surface area contributed by atoms with E-state index in [1.54, 1.807) is 18.3 Å². The van der Waals surface area contributed by atoms with Crippen molar-refractivity contribution in [3.05, 3.63) is 46.7 Å². The lowest BCUT2D eigenvalue weighted by molar-refractivity contribution is 0.316. The van der Waals surface area contributed by atoms with Crippen molar-refractivity contribution < 1.29 is 0 Å². The molecule has 27 heavy (non-hydrogen) atoms. The van der Waals surface area contributed by atoms with Gasteiger partial charge in [0.1, 0.15) is 0 Å². The van der Waals surface area contributed by atoms with Crippen molar-refractivity contribution in [3.63, 3.8) is 0 Å². The van der Waals surface area contributed by atoms with Crippen LogP contribution in [0.25, 0.3) is 5.70 Å². The van der Waals surface area contributed by atoms with Crippen molar-refractivity contribution in [1.82, 2.24) is 15.0 Å². The molecule has 2 rings (SSSR count). The Labute approximate surface area is 164 Å². The molecule has 152 valence electrons. The molecule has 1 saturated carbocycles. The van der Waals surface area contributed by atoms with Crippen LogP contribution in [0.3, 0.4) is 0 Å². The maximum atomic E-state index is 6.38. The minimum absolute atomic E-state index is 0.367. The monoisotopic (exact) mass is 375 g/mol. The summed E-state index contributed by atoms with van der Waals surface area (Å²) in [5.74, 6) is 12.9. The lowest BCUT2D eigenvalue weighted by Gasteiger charge is -2.27. The van der Waals surface area contributed by atoms with Crippen LogP contribution in [0.15, 0.2) is 29.7 Å². The minimum atomic E-state index is 0.367. The number of allylic oxidation sites excluding steroid dienone is 1. The molecule has 0 saturated heterocycles. The Morgan fingerprint density at radius 2 is 1.89 bits per heavy atom. The van der Waals surface area contributed by atoms with E-state index in [4.69, 9.17) is 23.2 Å². The number of likely N-dealkylation sites (N-methyl/N-ethyl adjacent to an activating group) is 1. The van der Waals surface area contributed by atoms with Crippen LogP contribution in [-0.4, -0.2) is 28.6 Å². The molecule has 1 aromatic heterocycles. The number of aromatic nitrogens is 1. The summed E-state index contributed by atoms with van der Waals surface area (Å²) in [4.78, 5) is 4.66. The molecule has 0 amide bonds. The lowest BCUT2D eigenvalue weighted by Crippen LogP contribution is -2.40. The fourth-order valence-electron chi connectivity index (χ4n) is 2.78. The topological polar surface area (TPSA) is 123 Å². The first kappa shape index (κ1) is 22.8. The number of aryl methyl sites for hydroxylation is 2. The highest BCUT2D eigenvalue weighted by atomic mass is 15.5. The molecule has 0 spiro atoms. The van der Waals surface area contributed by atoms with Crippen molar-refractivity contribution in [1.29, 1.82) is 0 Å². The fraction of sp³-hybridized carbons (Fsp3) is 0.550. The number of hydrazine groups is 2. The van der Waals surface area contributed by atoms with Gasteiger partial charge in [-0.25, -0.2) is 11.7 Å². The molecule has 0 radical (unpaired) electrons. The van der Waals surface area contributed by atoms with Crippen LogP contribution in [0.4, 0.5) is 0 Å².